The quantitative estimate of drug-likeness (QED) is 0.676. The van der Waals surface area contributed by atoms with Gasteiger partial charge in [-0.15, -0.1) is 0 Å². The second-order valence-corrected chi connectivity index (χ2v) is 8.14. The van der Waals surface area contributed by atoms with Gasteiger partial charge in [-0.25, -0.2) is 4.79 Å². The van der Waals surface area contributed by atoms with E-state index in [1.54, 1.807) is 12.1 Å². The van der Waals surface area contributed by atoms with Gasteiger partial charge in [-0.3, -0.25) is 4.79 Å². The van der Waals surface area contributed by atoms with Gasteiger partial charge in [0.1, 0.15) is 0 Å². The van der Waals surface area contributed by atoms with Gasteiger partial charge in [0.25, 0.3) is 0 Å². The van der Waals surface area contributed by atoms with E-state index >= 15 is 0 Å². The van der Waals surface area contributed by atoms with Crippen LogP contribution in [0.25, 0.3) is 0 Å². The fourth-order valence-corrected chi connectivity index (χ4v) is 4.62. The third-order valence-corrected chi connectivity index (χ3v) is 6.14. The minimum Gasteiger partial charge on any atom is -0.478 e. The molecule has 0 saturated heterocycles. The highest BCUT2D eigenvalue weighted by molar-refractivity contribution is 6.30. The normalized spacial score (nSPS) is 17.1. The topological polar surface area (TPSA) is 80.4 Å². The standard InChI is InChI=1S/C23H26ClNO3/c1-14(21(22(25)26)16-7-9-17(10-8-16)23(27)28)20-13-18(24)11-12-19(20)15-5-3-2-4-6-15/h7-15,21H,2-6H2,1H3,(H2,25,26)(H,27,28). The van der Waals surface area contributed by atoms with Gasteiger partial charge in [-0.2, -0.15) is 0 Å². The van der Waals surface area contributed by atoms with Gasteiger partial charge in [0, 0.05) is 5.02 Å². The number of rotatable bonds is 6. The van der Waals surface area contributed by atoms with Crippen LogP contribution in [0.15, 0.2) is 42.5 Å². The van der Waals surface area contributed by atoms with Gasteiger partial charge in [0.15, 0.2) is 0 Å². The molecule has 2 unspecified atom stereocenters. The van der Waals surface area contributed by atoms with Crippen molar-refractivity contribution in [3.63, 3.8) is 0 Å². The van der Waals surface area contributed by atoms with Crippen LogP contribution in [-0.2, 0) is 4.79 Å². The molecule has 3 N–H and O–H groups in total. The average Bonchev–Trinajstić information content (AvgIpc) is 2.68. The minimum absolute atomic E-state index is 0.163. The van der Waals surface area contributed by atoms with Gasteiger partial charge < -0.3 is 10.8 Å². The maximum absolute atomic E-state index is 12.4. The molecule has 1 aliphatic carbocycles. The van der Waals surface area contributed by atoms with Crippen molar-refractivity contribution in [3.05, 3.63) is 69.7 Å². The molecule has 2 aromatic rings. The molecule has 1 saturated carbocycles. The third-order valence-electron chi connectivity index (χ3n) is 5.91. The molecule has 0 radical (unpaired) electrons. The number of halogens is 1. The Bertz CT molecular complexity index is 857. The number of hydrogen-bond donors (Lipinski definition) is 2. The monoisotopic (exact) mass is 399 g/mol. The molecule has 1 amide bonds. The van der Waals surface area contributed by atoms with Crippen molar-refractivity contribution in [2.75, 3.05) is 0 Å². The predicted molar refractivity (Wildman–Crippen MR) is 111 cm³/mol. The number of carboxylic acid groups (broad SMARTS) is 1. The van der Waals surface area contributed by atoms with Gasteiger partial charge in [0.05, 0.1) is 11.5 Å². The Morgan fingerprint density at radius 3 is 2.29 bits per heavy atom. The van der Waals surface area contributed by atoms with Crippen LogP contribution >= 0.6 is 11.6 Å². The molecule has 148 valence electrons. The summed E-state index contributed by atoms with van der Waals surface area (Å²) in [5.74, 6) is -1.66. The number of carbonyl (C=O) groups is 2. The van der Waals surface area contributed by atoms with E-state index in [2.05, 4.69) is 6.07 Å². The molecule has 1 fully saturated rings. The molecule has 0 heterocycles. The number of carbonyl (C=O) groups excluding carboxylic acids is 1. The number of carboxylic acids is 1. The fraction of sp³-hybridized carbons (Fsp3) is 0.391. The van der Waals surface area contributed by atoms with Crippen LogP contribution in [0.1, 0.15) is 83.8 Å². The first kappa shape index (κ1) is 20.4. The summed E-state index contributed by atoms with van der Waals surface area (Å²) >= 11 is 6.30. The molecule has 0 spiro atoms. The Morgan fingerprint density at radius 2 is 1.71 bits per heavy atom. The lowest BCUT2D eigenvalue weighted by molar-refractivity contribution is -0.119. The number of aromatic carboxylic acids is 1. The van der Waals surface area contributed by atoms with Gasteiger partial charge in [-0.05, 0) is 65.6 Å². The van der Waals surface area contributed by atoms with Crippen molar-refractivity contribution in [1.82, 2.24) is 0 Å². The summed E-state index contributed by atoms with van der Waals surface area (Å²) in [7, 11) is 0. The maximum Gasteiger partial charge on any atom is 0.335 e. The lowest BCUT2D eigenvalue weighted by Crippen LogP contribution is -2.26. The average molecular weight is 400 g/mol. The summed E-state index contributed by atoms with van der Waals surface area (Å²) in [5.41, 5.74) is 9.01. The van der Waals surface area contributed by atoms with Crippen LogP contribution in [0.5, 0.6) is 0 Å². The van der Waals surface area contributed by atoms with Gasteiger partial charge >= 0.3 is 5.97 Å². The zero-order valence-electron chi connectivity index (χ0n) is 16.0. The van der Waals surface area contributed by atoms with E-state index in [-0.39, 0.29) is 11.5 Å². The third kappa shape index (κ3) is 4.39. The van der Waals surface area contributed by atoms with E-state index < -0.39 is 17.8 Å². The number of hydrogen-bond acceptors (Lipinski definition) is 2. The zero-order chi connectivity index (χ0) is 20.3. The highest BCUT2D eigenvalue weighted by atomic mass is 35.5. The summed E-state index contributed by atoms with van der Waals surface area (Å²) in [4.78, 5) is 23.5. The number of nitrogens with two attached hydrogens (primary N) is 1. The molecule has 2 atom stereocenters. The number of benzene rings is 2. The molecular formula is C23H26ClNO3. The predicted octanol–water partition coefficient (Wildman–Crippen LogP) is 5.46. The first-order chi connectivity index (χ1) is 13.4. The second-order valence-electron chi connectivity index (χ2n) is 7.70. The van der Waals surface area contributed by atoms with Crippen LogP contribution in [0.4, 0.5) is 0 Å². The van der Waals surface area contributed by atoms with Crippen LogP contribution < -0.4 is 5.73 Å². The molecule has 28 heavy (non-hydrogen) atoms. The molecule has 0 bridgehead atoms. The van der Waals surface area contributed by atoms with Crippen LogP contribution in [0.3, 0.4) is 0 Å². The second kappa shape index (κ2) is 8.78. The number of primary amides is 1. The van der Waals surface area contributed by atoms with Crippen molar-refractivity contribution in [1.29, 1.82) is 0 Å². The molecule has 0 aliphatic heterocycles. The van der Waals surface area contributed by atoms with Crippen molar-refractivity contribution >= 4 is 23.5 Å². The Balaban J connectivity index is 1.99. The van der Waals surface area contributed by atoms with Crippen molar-refractivity contribution < 1.29 is 14.7 Å². The molecular weight excluding hydrogens is 374 g/mol. The summed E-state index contributed by atoms with van der Waals surface area (Å²) in [6.07, 6.45) is 6.01. The first-order valence-electron chi connectivity index (χ1n) is 9.80. The van der Waals surface area contributed by atoms with E-state index in [0.29, 0.717) is 10.9 Å². The smallest absolute Gasteiger partial charge is 0.335 e. The molecule has 2 aromatic carbocycles. The van der Waals surface area contributed by atoms with E-state index in [4.69, 9.17) is 22.4 Å². The summed E-state index contributed by atoms with van der Waals surface area (Å²) in [6, 6.07) is 12.4. The van der Waals surface area contributed by atoms with E-state index in [9.17, 15) is 9.59 Å². The Kier molecular flexibility index (Phi) is 6.40. The van der Waals surface area contributed by atoms with E-state index in [1.807, 2.05) is 19.1 Å². The minimum atomic E-state index is -0.996. The van der Waals surface area contributed by atoms with Crippen molar-refractivity contribution in [3.8, 4) is 0 Å². The highest BCUT2D eigenvalue weighted by Crippen LogP contribution is 2.41. The molecule has 1 aliphatic rings. The SMILES string of the molecule is CC(c1cc(Cl)ccc1C1CCCCC1)C(C(N)=O)c1ccc(C(=O)O)cc1. The lowest BCUT2D eigenvalue weighted by Gasteiger charge is -2.29. The summed E-state index contributed by atoms with van der Waals surface area (Å²) < 4.78 is 0. The van der Waals surface area contributed by atoms with Crippen molar-refractivity contribution in [2.24, 2.45) is 5.73 Å². The van der Waals surface area contributed by atoms with Crippen LogP contribution in [0, 0.1) is 0 Å². The molecule has 3 rings (SSSR count). The Hall–Kier alpha value is -2.33. The first-order valence-corrected chi connectivity index (χ1v) is 10.2. The Morgan fingerprint density at radius 1 is 1.07 bits per heavy atom. The van der Waals surface area contributed by atoms with Crippen LogP contribution in [-0.4, -0.2) is 17.0 Å². The van der Waals surface area contributed by atoms with Gasteiger partial charge in [0.2, 0.25) is 5.91 Å². The maximum atomic E-state index is 12.4. The summed E-state index contributed by atoms with van der Waals surface area (Å²) in [6.45, 7) is 2.00. The molecule has 4 nitrogen and oxygen atoms in total. The van der Waals surface area contributed by atoms with E-state index in [1.165, 1.54) is 37.0 Å². The number of amides is 1. The van der Waals surface area contributed by atoms with E-state index in [0.717, 1.165) is 24.0 Å². The van der Waals surface area contributed by atoms with Gasteiger partial charge in [-0.1, -0.05) is 56.0 Å². The van der Waals surface area contributed by atoms with Crippen molar-refractivity contribution in [2.45, 2.75) is 56.8 Å². The summed E-state index contributed by atoms with van der Waals surface area (Å²) in [5, 5.41) is 9.76. The lowest BCUT2D eigenvalue weighted by atomic mass is 9.75. The largest absolute Gasteiger partial charge is 0.478 e. The molecule has 0 aromatic heterocycles. The molecule has 5 heteroatoms. The zero-order valence-corrected chi connectivity index (χ0v) is 16.8. The highest BCUT2D eigenvalue weighted by Gasteiger charge is 2.30. The Labute approximate surface area is 170 Å². The fourth-order valence-electron chi connectivity index (χ4n) is 4.44. The van der Waals surface area contributed by atoms with Crippen LogP contribution in [0.2, 0.25) is 5.02 Å².